The minimum atomic E-state index is -4.54. The summed E-state index contributed by atoms with van der Waals surface area (Å²) in [6.45, 7) is 1.59. The van der Waals surface area contributed by atoms with E-state index in [9.17, 15) is 18.0 Å². The van der Waals surface area contributed by atoms with Crippen LogP contribution in [0.2, 0.25) is 5.15 Å². The SMILES string of the molecule is CC(C(=NNC=O)c1ccc(Cl)nc1)n1ccc(C(F)(F)F)n1. The second-order valence-electron chi connectivity index (χ2n) is 4.47. The van der Waals surface area contributed by atoms with Crippen molar-refractivity contribution in [1.82, 2.24) is 20.2 Å². The molecule has 0 spiro atoms. The minimum absolute atomic E-state index is 0.252. The Bertz CT molecular complexity index is 711. The third-order valence-electron chi connectivity index (χ3n) is 2.95. The average molecular weight is 346 g/mol. The first-order valence-corrected chi connectivity index (χ1v) is 6.71. The van der Waals surface area contributed by atoms with Crippen LogP contribution in [0, 0.1) is 0 Å². The monoisotopic (exact) mass is 345 g/mol. The second kappa shape index (κ2) is 6.78. The Kier molecular flexibility index (Phi) is 4.99. The van der Waals surface area contributed by atoms with Crippen LogP contribution in [0.5, 0.6) is 0 Å². The van der Waals surface area contributed by atoms with Gasteiger partial charge in [-0.25, -0.2) is 10.4 Å². The summed E-state index contributed by atoms with van der Waals surface area (Å²) in [4.78, 5) is 14.4. The standard InChI is InChI=1S/C13H11ClF3N5O/c1-8(22-5-4-10(21-22)13(15,16)17)12(20-19-7-23)9-2-3-11(14)18-6-9/h2-8H,1H3,(H,19,23). The third-order valence-corrected chi connectivity index (χ3v) is 3.18. The third kappa shape index (κ3) is 4.07. The van der Waals surface area contributed by atoms with Crippen LogP contribution in [0.15, 0.2) is 35.7 Å². The van der Waals surface area contributed by atoms with Crippen molar-refractivity contribution in [1.29, 1.82) is 0 Å². The van der Waals surface area contributed by atoms with Gasteiger partial charge in [0.05, 0.1) is 11.8 Å². The molecule has 0 aromatic carbocycles. The summed E-state index contributed by atoms with van der Waals surface area (Å²) in [6.07, 6.45) is -1.60. The molecule has 2 rings (SSSR count). The zero-order valence-corrected chi connectivity index (χ0v) is 12.5. The number of nitrogens with one attached hydrogen (secondary N) is 1. The number of aromatic nitrogens is 3. The summed E-state index contributed by atoms with van der Waals surface area (Å²) in [7, 11) is 0. The van der Waals surface area contributed by atoms with E-state index in [-0.39, 0.29) is 10.9 Å². The summed E-state index contributed by atoms with van der Waals surface area (Å²) in [5, 5.41) is 7.62. The first kappa shape index (κ1) is 16.9. The number of rotatable bonds is 5. The highest BCUT2D eigenvalue weighted by Crippen LogP contribution is 2.28. The molecule has 0 saturated carbocycles. The van der Waals surface area contributed by atoms with Gasteiger partial charge in [0, 0.05) is 18.0 Å². The van der Waals surface area contributed by atoms with E-state index in [4.69, 9.17) is 11.6 Å². The Hall–Kier alpha value is -2.42. The van der Waals surface area contributed by atoms with Crippen LogP contribution in [0.1, 0.15) is 24.2 Å². The lowest BCUT2D eigenvalue weighted by atomic mass is 10.1. The van der Waals surface area contributed by atoms with E-state index in [1.165, 1.54) is 18.5 Å². The lowest BCUT2D eigenvalue weighted by Crippen LogP contribution is -2.22. The van der Waals surface area contributed by atoms with E-state index in [1.54, 1.807) is 13.0 Å². The molecule has 2 aromatic rings. The fraction of sp³-hybridized carbons (Fsp3) is 0.231. The van der Waals surface area contributed by atoms with Crippen LogP contribution in [0.25, 0.3) is 0 Å². The van der Waals surface area contributed by atoms with Crippen LogP contribution < -0.4 is 5.43 Å². The van der Waals surface area contributed by atoms with E-state index in [0.29, 0.717) is 12.0 Å². The van der Waals surface area contributed by atoms with Crippen molar-refractivity contribution in [3.8, 4) is 0 Å². The molecular formula is C13H11ClF3N5O. The molecule has 0 aliphatic carbocycles. The largest absolute Gasteiger partial charge is 0.435 e. The van der Waals surface area contributed by atoms with Crippen molar-refractivity contribution in [3.63, 3.8) is 0 Å². The van der Waals surface area contributed by atoms with E-state index >= 15 is 0 Å². The Morgan fingerprint density at radius 1 is 1.43 bits per heavy atom. The summed E-state index contributed by atoms with van der Waals surface area (Å²) in [5.41, 5.74) is 1.88. The molecule has 10 heteroatoms. The van der Waals surface area contributed by atoms with Gasteiger partial charge in [-0.3, -0.25) is 9.48 Å². The summed E-state index contributed by atoms with van der Waals surface area (Å²) >= 11 is 5.71. The van der Waals surface area contributed by atoms with Crippen LogP contribution in [0.3, 0.4) is 0 Å². The predicted octanol–water partition coefficient (Wildman–Crippen LogP) is 2.66. The Morgan fingerprint density at radius 2 is 2.17 bits per heavy atom. The molecule has 6 nitrogen and oxygen atoms in total. The maximum atomic E-state index is 12.6. The van der Waals surface area contributed by atoms with E-state index in [1.807, 2.05) is 0 Å². The predicted molar refractivity (Wildman–Crippen MR) is 76.9 cm³/mol. The molecule has 1 unspecified atom stereocenters. The number of pyridine rings is 1. The van der Waals surface area contributed by atoms with E-state index in [0.717, 1.165) is 10.7 Å². The zero-order chi connectivity index (χ0) is 17.0. The quantitative estimate of drug-likeness (QED) is 0.392. The molecule has 2 aromatic heterocycles. The smallest absolute Gasteiger partial charge is 0.277 e. The van der Waals surface area contributed by atoms with Crippen molar-refractivity contribution >= 4 is 23.7 Å². The number of carbonyl (C=O) groups is 1. The average Bonchev–Trinajstić information content (AvgIpc) is 2.99. The lowest BCUT2D eigenvalue weighted by Gasteiger charge is -2.15. The van der Waals surface area contributed by atoms with Gasteiger partial charge in [-0.15, -0.1) is 0 Å². The summed E-state index contributed by atoms with van der Waals surface area (Å²) in [6, 6.07) is 3.28. The molecule has 1 N–H and O–H groups in total. The number of hydrazone groups is 1. The Morgan fingerprint density at radius 3 is 2.70 bits per heavy atom. The molecule has 1 atom stereocenters. The molecule has 0 fully saturated rings. The number of carbonyl (C=O) groups excluding carboxylic acids is 1. The van der Waals surface area contributed by atoms with Gasteiger partial charge in [0.15, 0.2) is 5.69 Å². The molecule has 1 amide bonds. The number of amides is 1. The molecule has 23 heavy (non-hydrogen) atoms. The number of alkyl halides is 3. The number of hydrogen-bond donors (Lipinski definition) is 1. The number of hydrogen-bond acceptors (Lipinski definition) is 4. The van der Waals surface area contributed by atoms with Crippen molar-refractivity contribution in [2.75, 3.05) is 0 Å². The van der Waals surface area contributed by atoms with Gasteiger partial charge in [0.25, 0.3) is 0 Å². The molecule has 0 radical (unpaired) electrons. The van der Waals surface area contributed by atoms with Gasteiger partial charge in [-0.05, 0) is 25.1 Å². The van der Waals surface area contributed by atoms with Gasteiger partial charge >= 0.3 is 6.18 Å². The van der Waals surface area contributed by atoms with Gasteiger partial charge < -0.3 is 0 Å². The topological polar surface area (TPSA) is 72.2 Å². The highest BCUT2D eigenvalue weighted by atomic mass is 35.5. The lowest BCUT2D eigenvalue weighted by molar-refractivity contribution is -0.141. The highest BCUT2D eigenvalue weighted by Gasteiger charge is 2.34. The van der Waals surface area contributed by atoms with Crippen molar-refractivity contribution in [3.05, 3.63) is 47.0 Å². The van der Waals surface area contributed by atoms with Crippen LogP contribution in [-0.2, 0) is 11.0 Å². The normalized spacial score (nSPS) is 13.7. The van der Waals surface area contributed by atoms with E-state index in [2.05, 4.69) is 20.6 Å². The summed E-state index contributed by atoms with van der Waals surface area (Å²) in [5.74, 6) is 0. The molecule has 0 aliphatic rings. The Labute approximate surface area is 134 Å². The van der Waals surface area contributed by atoms with Crippen molar-refractivity contribution in [2.45, 2.75) is 19.1 Å². The van der Waals surface area contributed by atoms with Crippen LogP contribution in [-0.4, -0.2) is 26.9 Å². The minimum Gasteiger partial charge on any atom is -0.277 e. The maximum absolute atomic E-state index is 12.6. The molecular weight excluding hydrogens is 335 g/mol. The van der Waals surface area contributed by atoms with E-state index < -0.39 is 17.9 Å². The number of nitrogens with zero attached hydrogens (tertiary/aromatic N) is 4. The van der Waals surface area contributed by atoms with Crippen molar-refractivity contribution < 1.29 is 18.0 Å². The van der Waals surface area contributed by atoms with Crippen molar-refractivity contribution in [2.24, 2.45) is 5.10 Å². The first-order valence-electron chi connectivity index (χ1n) is 6.34. The summed E-state index contributed by atoms with van der Waals surface area (Å²) < 4.78 is 39.0. The van der Waals surface area contributed by atoms with Gasteiger partial charge in [0.2, 0.25) is 6.41 Å². The van der Waals surface area contributed by atoms with Gasteiger partial charge in [0.1, 0.15) is 5.15 Å². The van der Waals surface area contributed by atoms with Gasteiger partial charge in [-0.2, -0.15) is 23.4 Å². The Balaban J connectivity index is 2.37. The highest BCUT2D eigenvalue weighted by molar-refractivity contribution is 6.29. The van der Waals surface area contributed by atoms with Crippen LogP contribution >= 0.6 is 11.6 Å². The second-order valence-corrected chi connectivity index (χ2v) is 4.86. The van der Waals surface area contributed by atoms with Crippen LogP contribution in [0.4, 0.5) is 13.2 Å². The molecule has 2 heterocycles. The molecule has 122 valence electrons. The maximum Gasteiger partial charge on any atom is 0.435 e. The molecule has 0 saturated heterocycles. The first-order chi connectivity index (χ1) is 10.8. The molecule has 0 aliphatic heterocycles. The molecule has 0 bridgehead atoms. The zero-order valence-electron chi connectivity index (χ0n) is 11.8. The van der Waals surface area contributed by atoms with Gasteiger partial charge in [-0.1, -0.05) is 11.6 Å². The fourth-order valence-corrected chi connectivity index (χ4v) is 1.96. The number of halogens is 4. The fourth-order valence-electron chi connectivity index (χ4n) is 1.85.